The molecule has 2 atom stereocenters. The van der Waals surface area contributed by atoms with Crippen molar-refractivity contribution in [2.75, 3.05) is 26.8 Å². The minimum absolute atomic E-state index is 0.0856. The van der Waals surface area contributed by atoms with Gasteiger partial charge in [-0.1, -0.05) is 6.92 Å². The molecule has 0 aromatic heterocycles. The van der Waals surface area contributed by atoms with Crippen LogP contribution in [0.1, 0.15) is 13.3 Å². The van der Waals surface area contributed by atoms with Crippen LogP contribution in [0.15, 0.2) is 0 Å². The number of ether oxygens (including phenoxy) is 1. The average Bonchev–Trinajstić information content (AvgIpc) is 2.48. The van der Waals surface area contributed by atoms with Gasteiger partial charge in [0.2, 0.25) is 5.91 Å². The molecule has 0 spiro atoms. The number of carbonyl (C=O) groups is 1. The summed E-state index contributed by atoms with van der Waals surface area (Å²) >= 11 is 0. The molecule has 1 rings (SSSR count). The minimum Gasteiger partial charge on any atom is -0.384 e. The van der Waals surface area contributed by atoms with Gasteiger partial charge in [0, 0.05) is 26.1 Å². The van der Waals surface area contributed by atoms with Gasteiger partial charge < -0.3 is 15.4 Å². The van der Waals surface area contributed by atoms with Crippen LogP contribution in [0.5, 0.6) is 0 Å². The molecule has 2 unspecified atom stereocenters. The smallest absolute Gasteiger partial charge is 0.222 e. The monoisotopic (exact) mass is 186 g/mol. The number of hydrogen-bond donors (Lipinski definition) is 2. The van der Waals surface area contributed by atoms with E-state index in [0.29, 0.717) is 25.0 Å². The molecule has 2 N–H and O–H groups in total. The molecule has 0 aromatic rings. The SMILES string of the molecule is COCCC(=O)NC1CNCC1C. The Kier molecular flexibility index (Phi) is 4.18. The van der Waals surface area contributed by atoms with Gasteiger partial charge in [-0.2, -0.15) is 0 Å². The van der Waals surface area contributed by atoms with Crippen LogP contribution in [0.25, 0.3) is 0 Å². The standard InChI is InChI=1S/C9H18N2O2/c1-7-5-10-6-8(7)11-9(12)3-4-13-2/h7-8,10H,3-6H2,1-2H3,(H,11,12). The van der Waals surface area contributed by atoms with Crippen LogP contribution in [0.4, 0.5) is 0 Å². The van der Waals surface area contributed by atoms with E-state index in [0.717, 1.165) is 13.1 Å². The quantitative estimate of drug-likeness (QED) is 0.636. The maximum absolute atomic E-state index is 11.3. The van der Waals surface area contributed by atoms with Crippen LogP contribution in [-0.4, -0.2) is 38.8 Å². The number of amides is 1. The van der Waals surface area contributed by atoms with Gasteiger partial charge in [-0.3, -0.25) is 4.79 Å². The first-order valence-corrected chi connectivity index (χ1v) is 4.73. The predicted molar refractivity (Wildman–Crippen MR) is 50.5 cm³/mol. The Morgan fingerprint density at radius 2 is 2.38 bits per heavy atom. The largest absolute Gasteiger partial charge is 0.384 e. The molecule has 1 aliphatic rings. The number of nitrogens with one attached hydrogen (secondary N) is 2. The van der Waals surface area contributed by atoms with Crippen LogP contribution < -0.4 is 10.6 Å². The normalized spacial score (nSPS) is 27.5. The van der Waals surface area contributed by atoms with Crippen molar-refractivity contribution in [3.8, 4) is 0 Å². The molecule has 0 aromatic carbocycles. The number of hydrogen-bond acceptors (Lipinski definition) is 3. The van der Waals surface area contributed by atoms with Crippen molar-refractivity contribution in [1.29, 1.82) is 0 Å². The summed E-state index contributed by atoms with van der Waals surface area (Å²) in [4.78, 5) is 11.3. The first-order chi connectivity index (χ1) is 6.24. The van der Waals surface area contributed by atoms with E-state index in [2.05, 4.69) is 17.6 Å². The van der Waals surface area contributed by atoms with Crippen LogP contribution >= 0.6 is 0 Å². The molecule has 1 saturated heterocycles. The molecule has 1 fully saturated rings. The zero-order valence-electron chi connectivity index (χ0n) is 8.30. The molecule has 76 valence electrons. The molecule has 1 aliphatic heterocycles. The summed E-state index contributed by atoms with van der Waals surface area (Å²) < 4.78 is 4.83. The first kappa shape index (κ1) is 10.5. The molecule has 4 nitrogen and oxygen atoms in total. The van der Waals surface area contributed by atoms with Crippen molar-refractivity contribution in [2.45, 2.75) is 19.4 Å². The number of methoxy groups -OCH3 is 1. The lowest BCUT2D eigenvalue weighted by molar-refractivity contribution is -0.122. The second-order valence-electron chi connectivity index (χ2n) is 3.55. The summed E-state index contributed by atoms with van der Waals surface area (Å²) in [6.45, 7) is 4.52. The third kappa shape index (κ3) is 3.32. The van der Waals surface area contributed by atoms with Crippen molar-refractivity contribution in [2.24, 2.45) is 5.92 Å². The summed E-state index contributed by atoms with van der Waals surface area (Å²) in [7, 11) is 1.60. The Morgan fingerprint density at radius 1 is 1.62 bits per heavy atom. The van der Waals surface area contributed by atoms with Crippen molar-refractivity contribution in [3.05, 3.63) is 0 Å². The van der Waals surface area contributed by atoms with Crippen molar-refractivity contribution < 1.29 is 9.53 Å². The molecule has 4 heteroatoms. The second kappa shape index (κ2) is 5.19. The van der Waals surface area contributed by atoms with Gasteiger partial charge in [-0.15, -0.1) is 0 Å². The molecule has 0 radical (unpaired) electrons. The number of rotatable bonds is 4. The highest BCUT2D eigenvalue weighted by atomic mass is 16.5. The number of carbonyl (C=O) groups excluding carboxylic acids is 1. The minimum atomic E-state index is 0.0856. The zero-order chi connectivity index (χ0) is 9.68. The Labute approximate surface area is 79.0 Å². The summed E-state index contributed by atoms with van der Waals surface area (Å²) in [5.41, 5.74) is 0. The summed E-state index contributed by atoms with van der Waals surface area (Å²) in [6.07, 6.45) is 0.458. The lowest BCUT2D eigenvalue weighted by Crippen LogP contribution is -2.39. The van der Waals surface area contributed by atoms with E-state index in [1.807, 2.05) is 0 Å². The van der Waals surface area contributed by atoms with E-state index >= 15 is 0 Å². The molecular weight excluding hydrogens is 168 g/mol. The highest BCUT2D eigenvalue weighted by molar-refractivity contribution is 5.76. The average molecular weight is 186 g/mol. The lowest BCUT2D eigenvalue weighted by Gasteiger charge is -2.15. The van der Waals surface area contributed by atoms with Crippen LogP contribution in [0, 0.1) is 5.92 Å². The fraction of sp³-hybridized carbons (Fsp3) is 0.889. The zero-order valence-corrected chi connectivity index (χ0v) is 8.30. The highest BCUT2D eigenvalue weighted by Gasteiger charge is 2.23. The van der Waals surface area contributed by atoms with E-state index in [-0.39, 0.29) is 5.91 Å². The van der Waals surface area contributed by atoms with Gasteiger partial charge in [0.1, 0.15) is 0 Å². The fourth-order valence-electron chi connectivity index (χ4n) is 1.48. The van der Waals surface area contributed by atoms with Gasteiger partial charge in [0.15, 0.2) is 0 Å². The third-order valence-corrected chi connectivity index (χ3v) is 2.40. The maximum atomic E-state index is 11.3. The van der Waals surface area contributed by atoms with Crippen molar-refractivity contribution in [1.82, 2.24) is 10.6 Å². The van der Waals surface area contributed by atoms with Gasteiger partial charge in [0.05, 0.1) is 6.61 Å². The Morgan fingerprint density at radius 3 is 2.92 bits per heavy atom. The van der Waals surface area contributed by atoms with E-state index in [9.17, 15) is 4.79 Å². The van der Waals surface area contributed by atoms with Crippen molar-refractivity contribution >= 4 is 5.91 Å². The van der Waals surface area contributed by atoms with Gasteiger partial charge in [0.25, 0.3) is 0 Å². The highest BCUT2D eigenvalue weighted by Crippen LogP contribution is 2.07. The Hall–Kier alpha value is -0.610. The molecule has 0 bridgehead atoms. The first-order valence-electron chi connectivity index (χ1n) is 4.73. The van der Waals surface area contributed by atoms with E-state index in [1.165, 1.54) is 0 Å². The predicted octanol–water partition coefficient (Wildman–Crippen LogP) is -0.253. The van der Waals surface area contributed by atoms with Gasteiger partial charge in [-0.05, 0) is 12.5 Å². The Balaban J connectivity index is 2.19. The molecule has 0 saturated carbocycles. The van der Waals surface area contributed by atoms with Crippen LogP contribution in [0.2, 0.25) is 0 Å². The lowest BCUT2D eigenvalue weighted by atomic mass is 10.1. The summed E-state index contributed by atoms with van der Waals surface area (Å²) in [6, 6.07) is 0.296. The summed E-state index contributed by atoms with van der Waals surface area (Å²) in [5, 5.41) is 6.22. The molecule has 0 aliphatic carbocycles. The van der Waals surface area contributed by atoms with Crippen LogP contribution in [0.3, 0.4) is 0 Å². The maximum Gasteiger partial charge on any atom is 0.222 e. The van der Waals surface area contributed by atoms with E-state index in [1.54, 1.807) is 7.11 Å². The molecule has 1 amide bonds. The fourth-order valence-corrected chi connectivity index (χ4v) is 1.48. The van der Waals surface area contributed by atoms with Gasteiger partial charge >= 0.3 is 0 Å². The second-order valence-corrected chi connectivity index (χ2v) is 3.55. The molecular formula is C9H18N2O2. The third-order valence-electron chi connectivity index (χ3n) is 2.40. The molecule has 13 heavy (non-hydrogen) atoms. The van der Waals surface area contributed by atoms with Crippen molar-refractivity contribution in [3.63, 3.8) is 0 Å². The topological polar surface area (TPSA) is 50.4 Å². The molecule has 1 heterocycles. The van der Waals surface area contributed by atoms with Crippen LogP contribution in [-0.2, 0) is 9.53 Å². The van der Waals surface area contributed by atoms with E-state index < -0.39 is 0 Å². The van der Waals surface area contributed by atoms with E-state index in [4.69, 9.17) is 4.74 Å². The Bertz CT molecular complexity index is 173. The summed E-state index contributed by atoms with van der Waals surface area (Å²) in [5.74, 6) is 0.619. The van der Waals surface area contributed by atoms with Gasteiger partial charge in [-0.25, -0.2) is 0 Å².